The predicted molar refractivity (Wildman–Crippen MR) is 155 cm³/mol. The summed E-state index contributed by atoms with van der Waals surface area (Å²) in [6, 6.07) is 21.8. The number of sulfonamides is 1. The van der Waals surface area contributed by atoms with Crippen LogP contribution in [0.2, 0.25) is 0 Å². The molecule has 10 heteroatoms. The number of ether oxygens (including phenoxy) is 2. The molecule has 1 aliphatic heterocycles. The Balaban J connectivity index is 1.66. The average molecular weight is 575 g/mol. The average Bonchev–Trinajstić information content (AvgIpc) is 3.00. The van der Waals surface area contributed by atoms with Gasteiger partial charge >= 0.3 is 5.97 Å². The van der Waals surface area contributed by atoms with Gasteiger partial charge in [-0.15, -0.1) is 0 Å². The van der Waals surface area contributed by atoms with Crippen LogP contribution in [0.5, 0.6) is 11.5 Å². The zero-order valence-corrected chi connectivity index (χ0v) is 23.7. The fourth-order valence-electron chi connectivity index (χ4n) is 5.28. The molecule has 0 saturated carbocycles. The summed E-state index contributed by atoms with van der Waals surface area (Å²) in [7, 11) is -1.40. The van der Waals surface area contributed by atoms with Crippen LogP contribution in [0.25, 0.3) is 10.8 Å². The lowest BCUT2D eigenvalue weighted by molar-refractivity contribution is -0.140. The third kappa shape index (κ3) is 5.12. The number of hydrogen-bond acceptors (Lipinski definition) is 6. The van der Waals surface area contributed by atoms with E-state index in [1.54, 1.807) is 12.1 Å². The molecular formula is C31H30N2O7S. The van der Waals surface area contributed by atoms with Crippen molar-refractivity contribution in [1.82, 2.24) is 4.31 Å². The zero-order chi connectivity index (χ0) is 29.3. The van der Waals surface area contributed by atoms with Crippen LogP contribution in [0.1, 0.15) is 18.1 Å². The molecule has 41 heavy (non-hydrogen) atoms. The lowest BCUT2D eigenvalue weighted by Gasteiger charge is -2.39. The van der Waals surface area contributed by atoms with Gasteiger partial charge in [-0.2, -0.15) is 4.31 Å². The van der Waals surface area contributed by atoms with E-state index in [4.69, 9.17) is 9.47 Å². The minimum absolute atomic E-state index is 0.0614. The highest BCUT2D eigenvalue weighted by molar-refractivity contribution is 7.89. The fourth-order valence-corrected chi connectivity index (χ4v) is 6.86. The largest absolute Gasteiger partial charge is 0.493 e. The number of carboxylic acids is 1. The van der Waals surface area contributed by atoms with Crippen LogP contribution in [0.15, 0.2) is 89.8 Å². The number of hydrogen-bond donors (Lipinski definition) is 1. The van der Waals surface area contributed by atoms with E-state index in [2.05, 4.69) is 0 Å². The maximum atomic E-state index is 14.5. The number of amides is 1. The first-order valence-electron chi connectivity index (χ1n) is 13.0. The molecule has 1 heterocycles. The molecule has 0 bridgehead atoms. The molecule has 0 fully saturated rings. The Hall–Kier alpha value is -4.41. The summed E-state index contributed by atoms with van der Waals surface area (Å²) >= 11 is 0. The minimum Gasteiger partial charge on any atom is -0.493 e. The van der Waals surface area contributed by atoms with Gasteiger partial charge in [0.25, 0.3) is 0 Å². The monoisotopic (exact) mass is 574 g/mol. The van der Waals surface area contributed by atoms with E-state index >= 15 is 0 Å². The first kappa shape index (κ1) is 28.1. The van der Waals surface area contributed by atoms with Gasteiger partial charge in [-0.3, -0.25) is 9.69 Å². The maximum Gasteiger partial charge on any atom is 0.326 e. The maximum absolute atomic E-state index is 14.5. The van der Waals surface area contributed by atoms with E-state index in [1.165, 1.54) is 44.2 Å². The summed E-state index contributed by atoms with van der Waals surface area (Å²) in [5, 5.41) is 11.6. The van der Waals surface area contributed by atoms with Crippen molar-refractivity contribution in [3.63, 3.8) is 0 Å². The van der Waals surface area contributed by atoms with Crippen LogP contribution in [0.4, 0.5) is 5.69 Å². The minimum atomic E-state index is -4.26. The molecule has 9 nitrogen and oxygen atoms in total. The first-order valence-corrected chi connectivity index (χ1v) is 14.5. The van der Waals surface area contributed by atoms with Gasteiger partial charge in [0.15, 0.2) is 11.5 Å². The van der Waals surface area contributed by atoms with Crippen molar-refractivity contribution in [3.8, 4) is 11.5 Å². The second-order valence-corrected chi connectivity index (χ2v) is 11.7. The Morgan fingerprint density at radius 1 is 0.902 bits per heavy atom. The summed E-state index contributed by atoms with van der Waals surface area (Å²) in [6.07, 6.45) is 0.0785. The molecule has 212 valence electrons. The number of benzene rings is 4. The Morgan fingerprint density at radius 2 is 1.56 bits per heavy atom. The van der Waals surface area contributed by atoms with Crippen LogP contribution in [-0.4, -0.2) is 56.0 Å². The summed E-state index contributed by atoms with van der Waals surface area (Å²) in [5.41, 5.74) is 1.99. The highest BCUT2D eigenvalue weighted by Crippen LogP contribution is 2.36. The number of aliphatic carboxylic acids is 1. The Morgan fingerprint density at radius 3 is 2.27 bits per heavy atom. The molecule has 4 aromatic rings. The number of anilines is 1. The van der Waals surface area contributed by atoms with Crippen LogP contribution in [0.3, 0.4) is 0 Å². The quantitative estimate of drug-likeness (QED) is 0.330. The van der Waals surface area contributed by atoms with Gasteiger partial charge in [0.05, 0.1) is 24.8 Å². The lowest BCUT2D eigenvalue weighted by atomic mass is 9.94. The highest BCUT2D eigenvalue weighted by Gasteiger charge is 2.43. The number of carboxylic acid groups (broad SMARTS) is 1. The van der Waals surface area contributed by atoms with E-state index < -0.39 is 34.0 Å². The molecule has 0 radical (unpaired) electrons. The number of rotatable bonds is 8. The smallest absolute Gasteiger partial charge is 0.326 e. The molecule has 1 aliphatic rings. The van der Waals surface area contributed by atoms with Gasteiger partial charge in [0, 0.05) is 18.0 Å². The molecule has 0 aromatic heterocycles. The van der Waals surface area contributed by atoms with E-state index in [9.17, 15) is 23.1 Å². The summed E-state index contributed by atoms with van der Waals surface area (Å²) in [6.45, 7) is 1.36. The molecule has 0 spiro atoms. The number of nitrogens with zero attached hydrogens (tertiary/aromatic N) is 2. The van der Waals surface area contributed by atoms with Gasteiger partial charge in [0.2, 0.25) is 15.9 Å². The highest BCUT2D eigenvalue weighted by atomic mass is 32.2. The van der Waals surface area contributed by atoms with Gasteiger partial charge < -0.3 is 14.6 Å². The Kier molecular flexibility index (Phi) is 7.70. The van der Waals surface area contributed by atoms with Gasteiger partial charge in [0.1, 0.15) is 12.1 Å². The number of fused-ring (bicyclic) bond motifs is 2. The Labute approximate surface area is 238 Å². The van der Waals surface area contributed by atoms with Gasteiger partial charge in [-0.25, -0.2) is 13.2 Å². The molecule has 0 aliphatic carbocycles. The Bertz CT molecular complexity index is 1730. The van der Waals surface area contributed by atoms with Crippen LogP contribution >= 0.6 is 0 Å². The summed E-state index contributed by atoms with van der Waals surface area (Å²) < 4.78 is 40.2. The molecule has 1 amide bonds. The molecule has 1 unspecified atom stereocenters. The van der Waals surface area contributed by atoms with Gasteiger partial charge in [-0.1, -0.05) is 60.7 Å². The van der Waals surface area contributed by atoms with Crippen molar-refractivity contribution in [1.29, 1.82) is 0 Å². The van der Waals surface area contributed by atoms with Crippen molar-refractivity contribution < 1.29 is 32.6 Å². The normalized spacial score (nSPS) is 16.0. The molecule has 4 aromatic carbocycles. The standard InChI is InChI=1S/C31H30N2O7S/c1-20(31(35)36)33(26-14-8-12-21-9-6-7-13-25(21)26)30(34)27-17-22-10-4-5-11-23(22)19-32(27)41(37,38)24-15-16-28(39-2)29(18-24)40-3/h4-16,18,20,27H,17,19H2,1-3H3,(H,35,36)/t20?,27-/m0/s1. The summed E-state index contributed by atoms with van der Waals surface area (Å²) in [4.78, 5) is 28.0. The van der Waals surface area contributed by atoms with E-state index in [1.807, 2.05) is 54.6 Å². The van der Waals surface area contributed by atoms with Crippen molar-refractivity contribution in [2.75, 3.05) is 19.1 Å². The zero-order valence-electron chi connectivity index (χ0n) is 22.9. The van der Waals surface area contributed by atoms with Crippen LogP contribution in [-0.2, 0) is 32.6 Å². The fraction of sp³-hybridized carbons (Fsp3) is 0.226. The molecule has 2 atom stereocenters. The van der Waals surface area contributed by atoms with Crippen LogP contribution in [0, 0.1) is 0 Å². The van der Waals surface area contributed by atoms with Crippen molar-refractivity contribution in [3.05, 3.63) is 96.1 Å². The second kappa shape index (κ2) is 11.2. The molecule has 0 saturated heterocycles. The number of methoxy groups -OCH3 is 2. The topological polar surface area (TPSA) is 113 Å². The third-order valence-corrected chi connectivity index (χ3v) is 9.31. The van der Waals surface area contributed by atoms with Crippen LogP contribution < -0.4 is 14.4 Å². The van der Waals surface area contributed by atoms with E-state index in [0.29, 0.717) is 16.8 Å². The summed E-state index contributed by atoms with van der Waals surface area (Å²) in [5.74, 6) is -1.25. The van der Waals surface area contributed by atoms with E-state index in [0.717, 1.165) is 20.8 Å². The first-order chi connectivity index (χ1) is 19.7. The number of carbonyl (C=O) groups is 2. The third-order valence-electron chi connectivity index (χ3n) is 7.46. The van der Waals surface area contributed by atoms with Crippen molar-refractivity contribution in [2.45, 2.75) is 36.9 Å². The second-order valence-electron chi connectivity index (χ2n) is 9.78. The van der Waals surface area contributed by atoms with Gasteiger partial charge in [-0.05, 0) is 48.1 Å². The SMILES string of the molecule is COc1ccc(S(=O)(=O)N2Cc3ccccc3C[C@H]2C(=O)N(c2cccc3ccccc23)C(C)C(=O)O)cc1OC. The molecule has 5 rings (SSSR count). The van der Waals surface area contributed by atoms with Crippen molar-refractivity contribution >= 4 is 38.4 Å². The van der Waals surface area contributed by atoms with E-state index in [-0.39, 0.29) is 23.6 Å². The molecule has 1 N–H and O–H groups in total. The molecular weight excluding hydrogens is 544 g/mol. The lowest BCUT2D eigenvalue weighted by Crippen LogP contribution is -2.56. The van der Waals surface area contributed by atoms with Crippen molar-refractivity contribution in [2.24, 2.45) is 0 Å². The number of carbonyl (C=O) groups excluding carboxylic acids is 1. The predicted octanol–water partition coefficient (Wildman–Crippen LogP) is 4.48.